The first-order chi connectivity index (χ1) is 11.2. The van der Waals surface area contributed by atoms with Gasteiger partial charge in [0.1, 0.15) is 6.04 Å². The van der Waals surface area contributed by atoms with Crippen LogP contribution in [0.4, 0.5) is 0 Å². The molecule has 2 atom stereocenters. The highest BCUT2D eigenvalue weighted by Crippen LogP contribution is 2.32. The third-order valence-corrected chi connectivity index (χ3v) is 5.70. The molecule has 3 nitrogen and oxygen atoms in total. The van der Waals surface area contributed by atoms with E-state index in [1.807, 2.05) is 0 Å². The molecule has 0 bridgehead atoms. The fourth-order valence-corrected chi connectivity index (χ4v) is 4.19. The van der Waals surface area contributed by atoms with Gasteiger partial charge in [0.15, 0.2) is 0 Å². The van der Waals surface area contributed by atoms with Crippen molar-refractivity contribution < 1.29 is 9.90 Å². The van der Waals surface area contributed by atoms with E-state index in [1.165, 1.54) is 56.1 Å². The zero-order valence-corrected chi connectivity index (χ0v) is 14.9. The second kappa shape index (κ2) is 9.99. The highest BCUT2D eigenvalue weighted by molar-refractivity contribution is 7.99. The normalized spacial score (nSPS) is 20.7. The van der Waals surface area contributed by atoms with Gasteiger partial charge < -0.3 is 5.11 Å². The molecular weight excluding hydrogens is 306 g/mol. The van der Waals surface area contributed by atoms with Crippen molar-refractivity contribution in [2.45, 2.75) is 69.7 Å². The van der Waals surface area contributed by atoms with Crippen LogP contribution < -0.4 is 5.32 Å². The first-order valence-electron chi connectivity index (χ1n) is 8.90. The van der Waals surface area contributed by atoms with Crippen LogP contribution in [0.3, 0.4) is 0 Å². The van der Waals surface area contributed by atoms with Crippen molar-refractivity contribution in [1.29, 1.82) is 0 Å². The molecule has 0 saturated carbocycles. The minimum atomic E-state index is -0.754. The second-order valence-corrected chi connectivity index (χ2v) is 7.52. The largest absolute Gasteiger partial charge is 0.480 e. The molecule has 2 N–H and O–H groups in total. The number of rotatable bonds is 10. The smallest absolute Gasteiger partial charge is 0.321 e. The Morgan fingerprint density at radius 2 is 1.78 bits per heavy atom. The van der Waals surface area contributed by atoms with Crippen LogP contribution in [0.5, 0.6) is 0 Å². The van der Waals surface area contributed by atoms with E-state index in [0.29, 0.717) is 5.75 Å². The van der Waals surface area contributed by atoms with Gasteiger partial charge in [-0.15, -0.1) is 11.8 Å². The van der Waals surface area contributed by atoms with E-state index in [2.05, 4.69) is 36.5 Å². The van der Waals surface area contributed by atoms with Crippen molar-refractivity contribution in [3.63, 3.8) is 0 Å². The molecule has 0 aromatic heterocycles. The number of benzene rings is 1. The lowest BCUT2D eigenvalue weighted by atomic mass is 10.0. The quantitative estimate of drug-likeness (QED) is 0.605. The van der Waals surface area contributed by atoms with Gasteiger partial charge in [0.2, 0.25) is 0 Å². The molecule has 128 valence electrons. The summed E-state index contributed by atoms with van der Waals surface area (Å²) in [7, 11) is 0. The summed E-state index contributed by atoms with van der Waals surface area (Å²) in [4.78, 5) is 11.0. The first-order valence-corrected chi connectivity index (χ1v) is 9.95. The summed E-state index contributed by atoms with van der Waals surface area (Å²) in [6.45, 7) is 2.26. The van der Waals surface area contributed by atoms with E-state index in [1.54, 1.807) is 11.8 Å². The maximum atomic E-state index is 11.0. The van der Waals surface area contributed by atoms with Crippen LogP contribution in [0.15, 0.2) is 24.3 Å². The number of carboxylic acids is 1. The summed E-state index contributed by atoms with van der Waals surface area (Å²) >= 11 is 1.68. The van der Waals surface area contributed by atoms with Crippen LogP contribution in [-0.4, -0.2) is 22.9 Å². The van der Waals surface area contributed by atoms with Crippen LogP contribution in [0.1, 0.15) is 68.4 Å². The van der Waals surface area contributed by atoms with Gasteiger partial charge in [-0.2, -0.15) is 0 Å². The Hall–Kier alpha value is -1.00. The number of unbranched alkanes of at least 4 members (excludes halogenated alkanes) is 6. The summed E-state index contributed by atoms with van der Waals surface area (Å²) in [5.41, 5.74) is 2.57. The van der Waals surface area contributed by atoms with Gasteiger partial charge in [-0.3, -0.25) is 10.1 Å². The summed E-state index contributed by atoms with van der Waals surface area (Å²) in [6, 6.07) is 8.26. The molecule has 0 radical (unpaired) electrons. The van der Waals surface area contributed by atoms with Gasteiger partial charge >= 0.3 is 5.97 Å². The van der Waals surface area contributed by atoms with Gasteiger partial charge in [0, 0.05) is 5.75 Å². The van der Waals surface area contributed by atoms with Crippen molar-refractivity contribution in [1.82, 2.24) is 5.32 Å². The number of aliphatic carboxylic acids is 1. The third-order valence-electron chi connectivity index (χ3n) is 4.43. The van der Waals surface area contributed by atoms with E-state index >= 15 is 0 Å². The highest BCUT2D eigenvalue weighted by atomic mass is 32.2. The fourth-order valence-electron chi connectivity index (χ4n) is 2.95. The van der Waals surface area contributed by atoms with Crippen LogP contribution in [0.2, 0.25) is 0 Å². The molecule has 0 aliphatic carbocycles. The highest BCUT2D eigenvalue weighted by Gasteiger charge is 2.30. The third kappa shape index (κ3) is 6.19. The first kappa shape index (κ1) is 18.3. The van der Waals surface area contributed by atoms with Crippen molar-refractivity contribution in [3.8, 4) is 0 Å². The molecule has 2 rings (SSSR count). The number of hydrogen-bond donors (Lipinski definition) is 2. The summed E-state index contributed by atoms with van der Waals surface area (Å²) in [5, 5.41) is 12.3. The molecular formula is C19H29NO2S. The molecule has 4 heteroatoms. The van der Waals surface area contributed by atoms with Crippen LogP contribution in [0.25, 0.3) is 0 Å². The predicted octanol–water partition coefficient (Wildman–Crippen LogP) is 4.77. The average Bonchev–Trinajstić information content (AvgIpc) is 3.05. The Labute approximate surface area is 144 Å². The molecule has 1 aliphatic rings. The summed E-state index contributed by atoms with van der Waals surface area (Å²) in [6.07, 6.45) is 10.5. The summed E-state index contributed by atoms with van der Waals surface area (Å²) in [5.74, 6) is -0.115. The summed E-state index contributed by atoms with van der Waals surface area (Å²) < 4.78 is 0. The zero-order valence-electron chi connectivity index (χ0n) is 14.1. The predicted molar refractivity (Wildman–Crippen MR) is 97.9 cm³/mol. The SMILES string of the molecule is CCCCCCCCCc1ccc(C2N[C@H](C(=O)O)CS2)cc1. The molecule has 23 heavy (non-hydrogen) atoms. The Morgan fingerprint density at radius 3 is 2.39 bits per heavy atom. The monoisotopic (exact) mass is 335 g/mol. The van der Waals surface area contributed by atoms with Crippen LogP contribution in [0, 0.1) is 0 Å². The van der Waals surface area contributed by atoms with E-state index in [0.717, 1.165) is 6.42 Å². The lowest BCUT2D eigenvalue weighted by Crippen LogP contribution is -2.33. The molecule has 1 saturated heterocycles. The molecule has 1 aliphatic heterocycles. The minimum absolute atomic E-state index is 0.115. The van der Waals surface area contributed by atoms with E-state index in [-0.39, 0.29) is 5.37 Å². The fraction of sp³-hybridized carbons (Fsp3) is 0.632. The molecule has 1 aromatic rings. The standard InChI is InChI=1S/C19H29NO2S/c1-2-3-4-5-6-7-8-9-15-10-12-16(13-11-15)18-20-17(14-23-18)19(21)22/h10-13,17-18,20H,2-9,14H2,1H3,(H,21,22)/t17-,18?/m0/s1. The van der Waals surface area contributed by atoms with Crippen LogP contribution >= 0.6 is 11.8 Å². The molecule has 1 aromatic carbocycles. The average molecular weight is 336 g/mol. The van der Waals surface area contributed by atoms with Crippen molar-refractivity contribution >= 4 is 17.7 Å². The number of carbonyl (C=O) groups is 1. The van der Waals surface area contributed by atoms with Gasteiger partial charge in [-0.05, 0) is 24.0 Å². The van der Waals surface area contributed by atoms with Gasteiger partial charge in [0.05, 0.1) is 5.37 Å². The van der Waals surface area contributed by atoms with Gasteiger partial charge in [-0.25, -0.2) is 0 Å². The Morgan fingerprint density at radius 1 is 1.13 bits per heavy atom. The lowest BCUT2D eigenvalue weighted by molar-refractivity contribution is -0.138. The number of aryl methyl sites for hydroxylation is 1. The second-order valence-electron chi connectivity index (χ2n) is 6.38. The Kier molecular flexibility index (Phi) is 7.96. The molecule has 1 heterocycles. The van der Waals surface area contributed by atoms with E-state index in [9.17, 15) is 4.79 Å². The number of carboxylic acid groups (broad SMARTS) is 1. The Balaban J connectivity index is 1.68. The van der Waals surface area contributed by atoms with E-state index in [4.69, 9.17) is 5.11 Å². The maximum absolute atomic E-state index is 11.0. The number of nitrogens with one attached hydrogen (secondary N) is 1. The number of hydrogen-bond acceptors (Lipinski definition) is 3. The minimum Gasteiger partial charge on any atom is -0.480 e. The zero-order chi connectivity index (χ0) is 16.5. The molecule has 0 spiro atoms. The molecule has 1 fully saturated rings. The van der Waals surface area contributed by atoms with Gasteiger partial charge in [0.25, 0.3) is 0 Å². The van der Waals surface area contributed by atoms with Gasteiger partial charge in [-0.1, -0.05) is 69.7 Å². The molecule has 1 unspecified atom stereocenters. The Bertz CT molecular complexity index is 475. The lowest BCUT2D eigenvalue weighted by Gasteiger charge is -2.12. The van der Waals surface area contributed by atoms with Crippen molar-refractivity contribution in [2.75, 3.05) is 5.75 Å². The van der Waals surface area contributed by atoms with E-state index < -0.39 is 12.0 Å². The maximum Gasteiger partial charge on any atom is 0.321 e. The van der Waals surface area contributed by atoms with Crippen molar-refractivity contribution in [3.05, 3.63) is 35.4 Å². The number of thioether (sulfide) groups is 1. The molecule has 0 amide bonds. The van der Waals surface area contributed by atoms with Crippen molar-refractivity contribution in [2.24, 2.45) is 0 Å². The van der Waals surface area contributed by atoms with Crippen LogP contribution in [-0.2, 0) is 11.2 Å². The topological polar surface area (TPSA) is 49.3 Å².